The third-order valence-corrected chi connectivity index (χ3v) is 6.29. The first-order valence-electron chi connectivity index (χ1n) is 10.9. The second kappa shape index (κ2) is 8.38. The van der Waals surface area contributed by atoms with Crippen LogP contribution in [-0.4, -0.2) is 58.1 Å². The molecule has 0 saturated carbocycles. The van der Waals surface area contributed by atoms with Crippen LogP contribution in [-0.2, 0) is 4.84 Å². The van der Waals surface area contributed by atoms with Gasteiger partial charge in [-0.2, -0.15) is 0 Å². The summed E-state index contributed by atoms with van der Waals surface area (Å²) in [4.78, 5) is 35.6. The van der Waals surface area contributed by atoms with Crippen LogP contribution in [0.2, 0.25) is 0 Å². The van der Waals surface area contributed by atoms with Crippen molar-refractivity contribution >= 4 is 28.5 Å². The number of carboxylic acids is 1. The second-order valence-electron chi connectivity index (χ2n) is 8.38. The lowest BCUT2D eigenvalue weighted by molar-refractivity contribution is 0.0695. The summed E-state index contributed by atoms with van der Waals surface area (Å²) in [6.07, 6.45) is 1.66. The van der Waals surface area contributed by atoms with Gasteiger partial charge >= 0.3 is 5.97 Å². The lowest BCUT2D eigenvalue weighted by Crippen LogP contribution is -2.62. The fourth-order valence-electron chi connectivity index (χ4n) is 4.47. The SMILES string of the molecule is CCO/N=C1/CN(c2nc3c(cc2F)c(=O)c(C(=O)O)cn3-c2ccc(F)cc2F)CC12CCN2. The number of halogens is 3. The summed E-state index contributed by atoms with van der Waals surface area (Å²) in [7, 11) is 0. The number of pyridine rings is 2. The molecule has 1 spiro atoms. The van der Waals surface area contributed by atoms with Crippen molar-refractivity contribution in [2.75, 3.05) is 31.1 Å². The van der Waals surface area contributed by atoms with Crippen molar-refractivity contribution in [1.29, 1.82) is 0 Å². The summed E-state index contributed by atoms with van der Waals surface area (Å²) in [6, 6.07) is 3.58. The van der Waals surface area contributed by atoms with E-state index in [2.05, 4.69) is 15.5 Å². The number of nitrogens with one attached hydrogen (secondary N) is 1. The average molecular weight is 487 g/mol. The van der Waals surface area contributed by atoms with Crippen molar-refractivity contribution in [1.82, 2.24) is 14.9 Å². The number of oxime groups is 1. The third-order valence-electron chi connectivity index (χ3n) is 6.29. The van der Waals surface area contributed by atoms with E-state index in [0.717, 1.165) is 41.9 Å². The Morgan fingerprint density at radius 3 is 2.69 bits per heavy atom. The predicted molar refractivity (Wildman–Crippen MR) is 121 cm³/mol. The monoisotopic (exact) mass is 487 g/mol. The van der Waals surface area contributed by atoms with Gasteiger partial charge < -0.3 is 20.2 Å². The number of aromatic carboxylic acids is 1. The molecule has 2 aliphatic heterocycles. The largest absolute Gasteiger partial charge is 0.477 e. The summed E-state index contributed by atoms with van der Waals surface area (Å²) in [6.45, 7) is 3.44. The Bertz CT molecular complexity index is 1450. The number of hydrogen-bond acceptors (Lipinski definition) is 7. The number of aromatic nitrogens is 2. The van der Waals surface area contributed by atoms with Gasteiger partial charge in [-0.25, -0.2) is 22.9 Å². The van der Waals surface area contributed by atoms with Gasteiger partial charge in [-0.15, -0.1) is 0 Å². The standard InChI is InChI=1S/C23H20F3N5O4/c1-2-35-29-18-10-30(11-23(18)5-6-27-23)21-16(26)8-13-19(32)14(22(33)34)9-31(20(13)28-21)17-4-3-12(24)7-15(17)25/h3-4,7-9,27H,2,5-6,10-11H2,1H3,(H,33,34)/b29-18-. The van der Waals surface area contributed by atoms with Crippen molar-refractivity contribution in [2.24, 2.45) is 5.16 Å². The van der Waals surface area contributed by atoms with Gasteiger partial charge in [-0.1, -0.05) is 5.16 Å². The van der Waals surface area contributed by atoms with Crippen LogP contribution in [0, 0.1) is 17.5 Å². The molecule has 0 amide bonds. The molecule has 9 nitrogen and oxygen atoms in total. The normalized spacial score (nSPS) is 20.6. The third kappa shape index (κ3) is 3.70. The number of carbonyl (C=O) groups is 1. The molecular formula is C23H20F3N5O4. The number of hydrogen-bond donors (Lipinski definition) is 2. The first kappa shape index (κ1) is 22.8. The number of nitrogens with zero attached hydrogens (tertiary/aromatic N) is 4. The van der Waals surface area contributed by atoms with Crippen LogP contribution < -0.4 is 15.6 Å². The molecule has 0 radical (unpaired) electrons. The molecule has 35 heavy (non-hydrogen) atoms. The number of fused-ring (bicyclic) bond motifs is 1. The highest BCUT2D eigenvalue weighted by atomic mass is 19.1. The topological polar surface area (TPSA) is 109 Å². The molecule has 2 aromatic heterocycles. The lowest BCUT2D eigenvalue weighted by Gasteiger charge is -2.39. The summed E-state index contributed by atoms with van der Waals surface area (Å²) in [5.41, 5.74) is -1.92. The van der Waals surface area contributed by atoms with E-state index in [1.807, 2.05) is 0 Å². The lowest BCUT2D eigenvalue weighted by atomic mass is 9.85. The van der Waals surface area contributed by atoms with E-state index in [0.29, 0.717) is 24.9 Å². The number of anilines is 1. The van der Waals surface area contributed by atoms with E-state index >= 15 is 4.39 Å². The quantitative estimate of drug-likeness (QED) is 0.532. The van der Waals surface area contributed by atoms with Gasteiger partial charge in [-0.3, -0.25) is 9.36 Å². The molecule has 12 heteroatoms. The molecule has 2 fully saturated rings. The van der Waals surface area contributed by atoms with Crippen LogP contribution in [0.1, 0.15) is 23.7 Å². The van der Waals surface area contributed by atoms with E-state index in [1.54, 1.807) is 11.8 Å². The van der Waals surface area contributed by atoms with Crippen LogP contribution in [0.3, 0.4) is 0 Å². The molecule has 1 aromatic carbocycles. The smallest absolute Gasteiger partial charge is 0.341 e. The fourth-order valence-corrected chi connectivity index (χ4v) is 4.47. The molecule has 5 rings (SSSR count). The van der Waals surface area contributed by atoms with E-state index in [-0.39, 0.29) is 29.1 Å². The molecule has 4 heterocycles. The van der Waals surface area contributed by atoms with Gasteiger partial charge in [0.2, 0.25) is 5.43 Å². The Hall–Kier alpha value is -3.93. The Kier molecular flexibility index (Phi) is 5.47. The van der Waals surface area contributed by atoms with E-state index in [1.165, 1.54) is 0 Å². The van der Waals surface area contributed by atoms with Crippen LogP contribution in [0.4, 0.5) is 19.0 Å². The zero-order valence-electron chi connectivity index (χ0n) is 18.5. The molecule has 182 valence electrons. The van der Waals surface area contributed by atoms with Crippen molar-refractivity contribution in [2.45, 2.75) is 18.9 Å². The molecule has 1 unspecified atom stereocenters. The first-order chi connectivity index (χ1) is 16.7. The minimum Gasteiger partial charge on any atom is -0.477 e. The highest BCUT2D eigenvalue weighted by molar-refractivity contribution is 6.01. The fraction of sp³-hybridized carbons (Fsp3) is 0.304. The van der Waals surface area contributed by atoms with Gasteiger partial charge in [0.15, 0.2) is 17.3 Å². The van der Waals surface area contributed by atoms with Crippen LogP contribution >= 0.6 is 0 Å². The highest BCUT2D eigenvalue weighted by Crippen LogP contribution is 2.33. The maximum absolute atomic E-state index is 15.3. The molecular weight excluding hydrogens is 467 g/mol. The van der Waals surface area contributed by atoms with E-state index in [9.17, 15) is 23.5 Å². The van der Waals surface area contributed by atoms with Gasteiger partial charge in [-0.05, 0) is 38.1 Å². The van der Waals surface area contributed by atoms with Crippen LogP contribution in [0.25, 0.3) is 16.7 Å². The number of rotatable bonds is 5. The van der Waals surface area contributed by atoms with Crippen molar-refractivity contribution in [3.8, 4) is 5.69 Å². The van der Waals surface area contributed by atoms with Gasteiger partial charge in [0, 0.05) is 18.8 Å². The molecule has 3 aromatic rings. The Labute approximate surface area is 196 Å². The Morgan fingerprint density at radius 2 is 2.06 bits per heavy atom. The van der Waals surface area contributed by atoms with Crippen molar-refractivity contribution < 1.29 is 27.9 Å². The summed E-state index contributed by atoms with van der Waals surface area (Å²) >= 11 is 0. The summed E-state index contributed by atoms with van der Waals surface area (Å²) < 4.78 is 44.5. The van der Waals surface area contributed by atoms with Crippen molar-refractivity contribution in [3.05, 3.63) is 63.7 Å². The number of benzene rings is 1. The molecule has 1 atom stereocenters. The molecule has 0 bridgehead atoms. The molecule has 2 N–H and O–H groups in total. The van der Waals surface area contributed by atoms with E-state index in [4.69, 9.17) is 4.84 Å². The average Bonchev–Trinajstić information content (AvgIpc) is 3.18. The first-order valence-corrected chi connectivity index (χ1v) is 10.9. The molecule has 2 saturated heterocycles. The van der Waals surface area contributed by atoms with Crippen LogP contribution in [0.5, 0.6) is 0 Å². The zero-order chi connectivity index (χ0) is 24.9. The molecule has 2 aliphatic rings. The van der Waals surface area contributed by atoms with Gasteiger partial charge in [0.1, 0.15) is 23.8 Å². The van der Waals surface area contributed by atoms with Crippen molar-refractivity contribution in [3.63, 3.8) is 0 Å². The van der Waals surface area contributed by atoms with Crippen LogP contribution in [0.15, 0.2) is 40.4 Å². The van der Waals surface area contributed by atoms with E-state index < -0.39 is 40.0 Å². The predicted octanol–water partition coefficient (Wildman–Crippen LogP) is 2.45. The molecule has 0 aliphatic carbocycles. The number of carboxylic acid groups (broad SMARTS) is 1. The van der Waals surface area contributed by atoms with Gasteiger partial charge in [0.25, 0.3) is 0 Å². The maximum atomic E-state index is 15.3. The zero-order valence-corrected chi connectivity index (χ0v) is 18.5. The minimum absolute atomic E-state index is 0.119. The summed E-state index contributed by atoms with van der Waals surface area (Å²) in [5.74, 6) is -4.40. The maximum Gasteiger partial charge on any atom is 0.341 e. The minimum atomic E-state index is -1.58. The summed E-state index contributed by atoms with van der Waals surface area (Å²) in [5, 5.41) is 16.6. The Morgan fingerprint density at radius 1 is 1.29 bits per heavy atom. The highest BCUT2D eigenvalue weighted by Gasteiger charge is 2.49. The van der Waals surface area contributed by atoms with Gasteiger partial charge in [0.05, 0.1) is 28.9 Å². The second-order valence-corrected chi connectivity index (χ2v) is 8.38. The Balaban J connectivity index is 1.71.